The van der Waals surface area contributed by atoms with Gasteiger partial charge >= 0.3 is 0 Å². The molecule has 0 heterocycles. The first-order valence-corrected chi connectivity index (χ1v) is 5.58. The molecular formula is C12H16ClN. The molecule has 1 saturated carbocycles. The van der Waals surface area contributed by atoms with Crippen LogP contribution in [0.1, 0.15) is 36.4 Å². The lowest BCUT2D eigenvalue weighted by Gasteiger charge is -2.32. The lowest BCUT2D eigenvalue weighted by Crippen LogP contribution is -2.27. The molecule has 2 N–H and O–H groups in total. The van der Waals surface area contributed by atoms with E-state index in [2.05, 4.69) is 13.0 Å². The van der Waals surface area contributed by atoms with E-state index in [0.717, 1.165) is 10.6 Å². The largest absolute Gasteiger partial charge is 0.324 e. The Labute approximate surface area is 90.3 Å². The van der Waals surface area contributed by atoms with Crippen LogP contribution in [0.25, 0.3) is 0 Å². The van der Waals surface area contributed by atoms with Crippen LogP contribution in [0.4, 0.5) is 0 Å². The van der Waals surface area contributed by atoms with Crippen LogP contribution >= 0.6 is 11.6 Å². The van der Waals surface area contributed by atoms with Crippen molar-refractivity contribution in [1.82, 2.24) is 0 Å². The van der Waals surface area contributed by atoms with Crippen molar-refractivity contribution < 1.29 is 0 Å². The van der Waals surface area contributed by atoms with Crippen LogP contribution in [0, 0.1) is 12.8 Å². The normalized spacial score (nSPS) is 19.1. The number of benzene rings is 1. The molecule has 1 aliphatic carbocycles. The van der Waals surface area contributed by atoms with Gasteiger partial charge in [-0.1, -0.05) is 30.2 Å². The van der Waals surface area contributed by atoms with Crippen molar-refractivity contribution in [3.05, 3.63) is 34.3 Å². The minimum Gasteiger partial charge on any atom is -0.324 e. The van der Waals surface area contributed by atoms with E-state index in [1.807, 2.05) is 12.1 Å². The maximum atomic E-state index is 6.22. The van der Waals surface area contributed by atoms with E-state index in [-0.39, 0.29) is 6.04 Å². The van der Waals surface area contributed by atoms with Gasteiger partial charge in [0.05, 0.1) is 0 Å². The second-order valence-electron chi connectivity index (χ2n) is 4.19. The van der Waals surface area contributed by atoms with Gasteiger partial charge in [-0.15, -0.1) is 0 Å². The van der Waals surface area contributed by atoms with E-state index in [9.17, 15) is 0 Å². The lowest BCUT2D eigenvalue weighted by molar-refractivity contribution is 0.264. The molecule has 0 bridgehead atoms. The lowest BCUT2D eigenvalue weighted by atomic mass is 9.77. The van der Waals surface area contributed by atoms with E-state index in [1.54, 1.807) is 0 Å². The minimum absolute atomic E-state index is 0.137. The average Bonchev–Trinajstić information content (AvgIpc) is 2.00. The highest BCUT2D eigenvalue weighted by Crippen LogP contribution is 2.39. The quantitative estimate of drug-likeness (QED) is 0.794. The number of rotatable bonds is 2. The monoisotopic (exact) mass is 209 g/mol. The topological polar surface area (TPSA) is 26.0 Å². The molecule has 0 saturated heterocycles. The van der Waals surface area contributed by atoms with Crippen molar-refractivity contribution in [3.8, 4) is 0 Å². The molecule has 0 spiro atoms. The zero-order valence-electron chi connectivity index (χ0n) is 8.46. The van der Waals surface area contributed by atoms with Crippen molar-refractivity contribution >= 4 is 11.6 Å². The van der Waals surface area contributed by atoms with Gasteiger partial charge in [0.15, 0.2) is 0 Å². The summed E-state index contributed by atoms with van der Waals surface area (Å²) in [5.41, 5.74) is 8.59. The number of aryl methyl sites for hydroxylation is 1. The number of nitrogens with two attached hydrogens (primary N) is 1. The average molecular weight is 210 g/mol. The maximum absolute atomic E-state index is 6.22. The Hall–Kier alpha value is -0.530. The van der Waals surface area contributed by atoms with Crippen LogP contribution in [0.3, 0.4) is 0 Å². The molecule has 2 heteroatoms. The van der Waals surface area contributed by atoms with Crippen LogP contribution in [-0.2, 0) is 0 Å². The third-order valence-corrected chi connectivity index (χ3v) is 3.59. The third kappa shape index (κ3) is 1.67. The van der Waals surface area contributed by atoms with Crippen LogP contribution < -0.4 is 5.73 Å². The summed E-state index contributed by atoms with van der Waals surface area (Å²) in [7, 11) is 0. The zero-order valence-corrected chi connectivity index (χ0v) is 9.22. The van der Waals surface area contributed by atoms with E-state index < -0.39 is 0 Å². The molecule has 1 nitrogen and oxygen atoms in total. The standard InChI is InChI=1S/C12H16ClN/c1-8-4-2-7-10(13)11(8)12(14)9-5-3-6-9/h2,4,7,9,12H,3,5-6,14H2,1H3/t12-/m1/s1. The second kappa shape index (κ2) is 3.92. The van der Waals surface area contributed by atoms with E-state index in [0.29, 0.717) is 5.92 Å². The fourth-order valence-corrected chi connectivity index (χ4v) is 2.45. The van der Waals surface area contributed by atoms with Crippen molar-refractivity contribution in [2.75, 3.05) is 0 Å². The Balaban J connectivity index is 2.29. The summed E-state index contributed by atoms with van der Waals surface area (Å²) in [6, 6.07) is 6.13. The van der Waals surface area contributed by atoms with Crippen molar-refractivity contribution in [2.45, 2.75) is 32.2 Å². The molecule has 2 rings (SSSR count). The van der Waals surface area contributed by atoms with Crippen LogP contribution in [0.15, 0.2) is 18.2 Å². The molecule has 0 amide bonds. The molecule has 14 heavy (non-hydrogen) atoms. The highest BCUT2D eigenvalue weighted by Gasteiger charge is 2.27. The fourth-order valence-electron chi connectivity index (χ4n) is 2.10. The summed E-state index contributed by atoms with van der Waals surface area (Å²) in [6.07, 6.45) is 3.83. The minimum atomic E-state index is 0.137. The first-order valence-electron chi connectivity index (χ1n) is 5.20. The predicted octanol–water partition coefficient (Wildman–Crippen LogP) is 3.45. The van der Waals surface area contributed by atoms with Crippen LogP contribution in [0.5, 0.6) is 0 Å². The molecular weight excluding hydrogens is 194 g/mol. The second-order valence-corrected chi connectivity index (χ2v) is 4.59. The van der Waals surface area contributed by atoms with E-state index in [4.69, 9.17) is 17.3 Å². The molecule has 1 fully saturated rings. The predicted molar refractivity (Wildman–Crippen MR) is 60.5 cm³/mol. The Kier molecular flexibility index (Phi) is 2.80. The van der Waals surface area contributed by atoms with Crippen molar-refractivity contribution in [3.63, 3.8) is 0 Å². The summed E-state index contributed by atoms with van der Waals surface area (Å²) in [5, 5.41) is 0.824. The Morgan fingerprint density at radius 3 is 2.64 bits per heavy atom. The summed E-state index contributed by atoms with van der Waals surface area (Å²) < 4.78 is 0. The Morgan fingerprint density at radius 1 is 1.43 bits per heavy atom. The van der Waals surface area contributed by atoms with E-state index >= 15 is 0 Å². The van der Waals surface area contributed by atoms with Gasteiger partial charge in [-0.2, -0.15) is 0 Å². The van der Waals surface area contributed by atoms with Gasteiger partial charge in [0, 0.05) is 11.1 Å². The van der Waals surface area contributed by atoms with Gasteiger partial charge in [0.2, 0.25) is 0 Å². The first kappa shape index (κ1) is 10.0. The van der Waals surface area contributed by atoms with Crippen LogP contribution in [-0.4, -0.2) is 0 Å². The van der Waals surface area contributed by atoms with Gasteiger partial charge < -0.3 is 5.73 Å². The van der Waals surface area contributed by atoms with Gasteiger partial charge in [0.25, 0.3) is 0 Å². The fraction of sp³-hybridized carbons (Fsp3) is 0.500. The molecule has 0 aromatic heterocycles. The van der Waals surface area contributed by atoms with Gasteiger partial charge in [-0.3, -0.25) is 0 Å². The molecule has 0 unspecified atom stereocenters. The SMILES string of the molecule is Cc1cccc(Cl)c1[C@H](N)C1CCC1. The Bertz CT molecular complexity index is 311. The molecule has 0 radical (unpaired) electrons. The summed E-state index contributed by atoms with van der Waals surface area (Å²) in [5.74, 6) is 0.647. The summed E-state index contributed by atoms with van der Waals surface area (Å²) >= 11 is 6.17. The zero-order chi connectivity index (χ0) is 10.1. The van der Waals surface area contributed by atoms with E-state index in [1.165, 1.54) is 24.8 Å². The number of hydrogen-bond acceptors (Lipinski definition) is 1. The highest BCUT2D eigenvalue weighted by atomic mass is 35.5. The van der Waals surface area contributed by atoms with Gasteiger partial charge in [-0.05, 0) is 42.9 Å². The molecule has 1 aromatic carbocycles. The number of hydrogen-bond donors (Lipinski definition) is 1. The van der Waals surface area contributed by atoms with Crippen molar-refractivity contribution in [1.29, 1.82) is 0 Å². The van der Waals surface area contributed by atoms with Gasteiger partial charge in [-0.25, -0.2) is 0 Å². The Morgan fingerprint density at radius 2 is 2.14 bits per heavy atom. The number of halogens is 1. The smallest absolute Gasteiger partial charge is 0.0456 e. The molecule has 76 valence electrons. The van der Waals surface area contributed by atoms with Gasteiger partial charge in [0.1, 0.15) is 0 Å². The molecule has 1 aliphatic rings. The summed E-state index contributed by atoms with van der Waals surface area (Å²) in [4.78, 5) is 0. The first-order chi connectivity index (χ1) is 6.70. The van der Waals surface area contributed by atoms with Crippen LogP contribution in [0.2, 0.25) is 5.02 Å². The van der Waals surface area contributed by atoms with Crippen molar-refractivity contribution in [2.24, 2.45) is 11.7 Å². The third-order valence-electron chi connectivity index (χ3n) is 3.26. The molecule has 1 aromatic rings. The molecule has 0 aliphatic heterocycles. The summed E-state index contributed by atoms with van der Waals surface area (Å²) in [6.45, 7) is 2.08. The maximum Gasteiger partial charge on any atom is 0.0456 e. The molecule has 1 atom stereocenters. The highest BCUT2D eigenvalue weighted by molar-refractivity contribution is 6.31.